The first-order valence-electron chi connectivity index (χ1n) is 6.54. The predicted molar refractivity (Wildman–Crippen MR) is 72.0 cm³/mol. The van der Waals surface area contributed by atoms with Gasteiger partial charge in [-0.2, -0.15) is 0 Å². The van der Waals surface area contributed by atoms with Crippen LogP contribution < -0.4 is 5.32 Å². The molecule has 1 aliphatic rings. The second-order valence-electron chi connectivity index (χ2n) is 5.32. The fraction of sp³-hybridized carbons (Fsp3) is 0.500. The van der Waals surface area contributed by atoms with Gasteiger partial charge in [0.2, 0.25) is 5.91 Å². The van der Waals surface area contributed by atoms with E-state index in [0.29, 0.717) is 12.1 Å². The fourth-order valence-corrected chi connectivity index (χ4v) is 2.18. The summed E-state index contributed by atoms with van der Waals surface area (Å²) in [5, 5.41) is 3.03. The smallest absolute Gasteiger partial charge is 0.238 e. The molecule has 2 unspecified atom stereocenters. The summed E-state index contributed by atoms with van der Waals surface area (Å²) in [6.45, 7) is 2.75. The van der Waals surface area contributed by atoms with Gasteiger partial charge in [0.25, 0.3) is 0 Å². The van der Waals surface area contributed by atoms with E-state index < -0.39 is 17.8 Å². The number of nitrogens with one attached hydrogen (secondary N) is 1. The molecule has 0 radical (unpaired) electrons. The Morgan fingerprint density at radius 3 is 2.70 bits per heavy atom. The number of amides is 1. The molecular formula is C14H19F2N3O. The van der Waals surface area contributed by atoms with Gasteiger partial charge in [-0.15, -0.1) is 0 Å². The zero-order valence-electron chi connectivity index (χ0n) is 11.9. The lowest BCUT2D eigenvalue weighted by molar-refractivity contribution is -0.128. The van der Waals surface area contributed by atoms with Crippen molar-refractivity contribution in [2.45, 2.75) is 19.1 Å². The lowest BCUT2D eigenvalue weighted by atomic mass is 10.1. The normalized spacial score (nSPS) is 20.8. The van der Waals surface area contributed by atoms with Gasteiger partial charge in [0.05, 0.1) is 6.54 Å². The Bertz CT molecular complexity index is 507. The highest BCUT2D eigenvalue weighted by Crippen LogP contribution is 2.24. The van der Waals surface area contributed by atoms with E-state index in [1.165, 1.54) is 6.07 Å². The van der Waals surface area contributed by atoms with Crippen molar-refractivity contribution in [3.05, 3.63) is 35.4 Å². The fourth-order valence-electron chi connectivity index (χ4n) is 2.18. The van der Waals surface area contributed by atoms with Crippen molar-refractivity contribution in [1.29, 1.82) is 0 Å². The zero-order chi connectivity index (χ0) is 14.9. The first-order chi connectivity index (χ1) is 9.40. The van der Waals surface area contributed by atoms with Crippen molar-refractivity contribution in [3.63, 3.8) is 0 Å². The van der Waals surface area contributed by atoms with Crippen LogP contribution in [0.25, 0.3) is 0 Å². The number of halogens is 2. The largest absolute Gasteiger partial charge is 0.320 e. The molecule has 0 spiro atoms. The van der Waals surface area contributed by atoms with Crippen LogP contribution in [0.5, 0.6) is 0 Å². The van der Waals surface area contributed by atoms with E-state index in [0.717, 1.165) is 12.1 Å². The van der Waals surface area contributed by atoms with Gasteiger partial charge >= 0.3 is 0 Å². The number of benzene rings is 1. The lowest BCUT2D eigenvalue weighted by Crippen LogP contribution is -2.41. The minimum Gasteiger partial charge on any atom is -0.320 e. The van der Waals surface area contributed by atoms with Crippen molar-refractivity contribution in [1.82, 2.24) is 15.1 Å². The Kier molecular flexibility index (Phi) is 4.35. The van der Waals surface area contributed by atoms with Gasteiger partial charge in [0, 0.05) is 12.6 Å². The van der Waals surface area contributed by atoms with E-state index in [2.05, 4.69) is 5.32 Å². The van der Waals surface area contributed by atoms with Crippen molar-refractivity contribution < 1.29 is 13.6 Å². The highest BCUT2D eigenvalue weighted by atomic mass is 19.2. The number of likely N-dealkylation sites (N-methyl/N-ethyl adjacent to an activating group) is 1. The zero-order valence-corrected chi connectivity index (χ0v) is 11.9. The molecule has 0 bridgehead atoms. The predicted octanol–water partition coefficient (Wildman–Crippen LogP) is 1.35. The molecule has 0 saturated carbocycles. The monoisotopic (exact) mass is 283 g/mol. The second-order valence-corrected chi connectivity index (χ2v) is 5.32. The highest BCUT2D eigenvalue weighted by molar-refractivity contribution is 5.81. The van der Waals surface area contributed by atoms with Crippen LogP contribution in [-0.2, 0) is 4.79 Å². The van der Waals surface area contributed by atoms with Crippen LogP contribution in [-0.4, -0.2) is 48.9 Å². The summed E-state index contributed by atoms with van der Waals surface area (Å²) in [5.74, 6) is -1.82. The van der Waals surface area contributed by atoms with Crippen molar-refractivity contribution >= 4 is 5.91 Å². The van der Waals surface area contributed by atoms with Gasteiger partial charge in [0.15, 0.2) is 11.6 Å². The van der Waals surface area contributed by atoms with Gasteiger partial charge in [-0.25, -0.2) is 8.78 Å². The third-order valence-corrected chi connectivity index (χ3v) is 3.68. The van der Waals surface area contributed by atoms with Crippen LogP contribution in [0.2, 0.25) is 0 Å². The Hall–Kier alpha value is -1.53. The maximum atomic E-state index is 13.3. The van der Waals surface area contributed by atoms with Crippen LogP contribution in [0.3, 0.4) is 0 Å². The number of hydrogen-bond acceptors (Lipinski definition) is 3. The molecule has 1 aromatic carbocycles. The van der Waals surface area contributed by atoms with Gasteiger partial charge in [0.1, 0.15) is 6.17 Å². The van der Waals surface area contributed by atoms with E-state index in [-0.39, 0.29) is 18.5 Å². The third-order valence-electron chi connectivity index (χ3n) is 3.68. The van der Waals surface area contributed by atoms with E-state index in [9.17, 15) is 13.6 Å². The number of rotatable bonds is 4. The molecule has 1 saturated heterocycles. The summed E-state index contributed by atoms with van der Waals surface area (Å²) in [6, 6.07) is 3.90. The first-order valence-corrected chi connectivity index (χ1v) is 6.54. The number of hydrogen-bond donors (Lipinski definition) is 1. The van der Waals surface area contributed by atoms with Crippen LogP contribution in [0.1, 0.15) is 18.7 Å². The standard InChI is InChI=1S/C14H19F2N3O/c1-9(18(2)3)8-19-13(20)7-17-14(19)10-4-5-11(15)12(16)6-10/h4-6,9,14,17H,7-8H2,1-3H3. The molecule has 2 atom stereocenters. The minimum absolute atomic E-state index is 0.0339. The van der Waals surface area contributed by atoms with Crippen LogP contribution >= 0.6 is 0 Å². The third kappa shape index (κ3) is 2.96. The molecule has 1 amide bonds. The Balaban J connectivity index is 2.21. The quantitative estimate of drug-likeness (QED) is 0.906. The Labute approximate surface area is 117 Å². The van der Waals surface area contributed by atoms with Crippen molar-refractivity contribution in [2.75, 3.05) is 27.2 Å². The second kappa shape index (κ2) is 5.85. The Morgan fingerprint density at radius 1 is 1.40 bits per heavy atom. The maximum absolute atomic E-state index is 13.3. The number of carbonyl (C=O) groups is 1. The average Bonchev–Trinajstić information content (AvgIpc) is 2.74. The molecule has 20 heavy (non-hydrogen) atoms. The van der Waals surface area contributed by atoms with E-state index in [4.69, 9.17) is 0 Å². The molecule has 4 nitrogen and oxygen atoms in total. The summed E-state index contributed by atoms with van der Waals surface area (Å²) in [6.07, 6.45) is -0.403. The molecule has 1 aromatic rings. The summed E-state index contributed by atoms with van der Waals surface area (Å²) >= 11 is 0. The summed E-state index contributed by atoms with van der Waals surface area (Å²) < 4.78 is 26.3. The van der Waals surface area contributed by atoms with Crippen LogP contribution in [0, 0.1) is 11.6 Å². The molecule has 2 rings (SSSR count). The highest BCUT2D eigenvalue weighted by Gasteiger charge is 2.33. The van der Waals surface area contributed by atoms with Crippen molar-refractivity contribution in [3.8, 4) is 0 Å². The molecule has 1 heterocycles. The maximum Gasteiger partial charge on any atom is 0.238 e. The number of nitrogens with zero attached hydrogens (tertiary/aromatic N) is 2. The van der Waals surface area contributed by atoms with Gasteiger partial charge in [-0.3, -0.25) is 10.1 Å². The van der Waals surface area contributed by atoms with E-state index in [1.807, 2.05) is 25.9 Å². The molecule has 1 N–H and O–H groups in total. The SMILES string of the molecule is CC(CN1C(=O)CNC1c1ccc(F)c(F)c1)N(C)C. The molecular weight excluding hydrogens is 264 g/mol. The minimum atomic E-state index is -0.899. The van der Waals surface area contributed by atoms with E-state index in [1.54, 1.807) is 4.90 Å². The molecule has 0 aromatic heterocycles. The molecule has 1 aliphatic heterocycles. The lowest BCUT2D eigenvalue weighted by Gasteiger charge is -2.30. The Morgan fingerprint density at radius 2 is 2.10 bits per heavy atom. The van der Waals surface area contributed by atoms with Crippen LogP contribution in [0.15, 0.2) is 18.2 Å². The summed E-state index contributed by atoms with van der Waals surface area (Å²) in [4.78, 5) is 15.6. The van der Waals surface area contributed by atoms with Gasteiger partial charge in [-0.05, 0) is 38.7 Å². The van der Waals surface area contributed by atoms with Gasteiger partial charge < -0.3 is 9.80 Å². The average molecular weight is 283 g/mol. The number of carbonyl (C=O) groups excluding carboxylic acids is 1. The molecule has 6 heteroatoms. The van der Waals surface area contributed by atoms with Crippen molar-refractivity contribution in [2.24, 2.45) is 0 Å². The molecule has 110 valence electrons. The first kappa shape index (κ1) is 14.9. The van der Waals surface area contributed by atoms with Gasteiger partial charge in [-0.1, -0.05) is 6.07 Å². The molecule has 1 fully saturated rings. The van der Waals surface area contributed by atoms with Crippen LogP contribution in [0.4, 0.5) is 8.78 Å². The summed E-state index contributed by atoms with van der Waals surface area (Å²) in [7, 11) is 3.87. The summed E-state index contributed by atoms with van der Waals surface area (Å²) in [5.41, 5.74) is 0.556. The molecule has 0 aliphatic carbocycles. The van der Waals surface area contributed by atoms with E-state index >= 15 is 0 Å². The topological polar surface area (TPSA) is 35.6 Å².